The topological polar surface area (TPSA) is 29.1 Å². The van der Waals surface area contributed by atoms with Crippen molar-refractivity contribution in [1.82, 2.24) is 5.32 Å². The summed E-state index contributed by atoms with van der Waals surface area (Å²) in [6.45, 7) is 0. The molecular weight excluding hydrogens is 253 g/mol. The van der Waals surface area contributed by atoms with Gasteiger partial charge < -0.3 is 5.32 Å². The molecule has 0 bridgehead atoms. The van der Waals surface area contributed by atoms with Crippen LogP contribution in [0.25, 0.3) is 0 Å². The molecule has 3 aliphatic rings. The first-order chi connectivity index (χ1) is 9.72. The Labute approximate surface area is 118 Å². The lowest BCUT2D eigenvalue weighted by Crippen LogP contribution is -2.39. The van der Waals surface area contributed by atoms with Gasteiger partial charge in [-0.2, -0.15) is 0 Å². The van der Waals surface area contributed by atoms with Gasteiger partial charge in [-0.3, -0.25) is 4.79 Å². The van der Waals surface area contributed by atoms with Gasteiger partial charge in [0.1, 0.15) is 5.82 Å². The van der Waals surface area contributed by atoms with Crippen LogP contribution in [-0.4, -0.2) is 11.9 Å². The highest BCUT2D eigenvalue weighted by atomic mass is 19.1. The third-order valence-corrected chi connectivity index (χ3v) is 4.99. The molecule has 1 N–H and O–H groups in total. The van der Waals surface area contributed by atoms with E-state index in [9.17, 15) is 9.18 Å². The highest BCUT2D eigenvalue weighted by molar-refractivity contribution is 5.83. The third-order valence-electron chi connectivity index (χ3n) is 4.99. The van der Waals surface area contributed by atoms with E-state index < -0.39 is 0 Å². The Balaban J connectivity index is 1.37. The van der Waals surface area contributed by atoms with Crippen LogP contribution in [0, 0.1) is 23.6 Å². The van der Waals surface area contributed by atoms with E-state index in [-0.39, 0.29) is 17.6 Å². The molecule has 3 fully saturated rings. The van der Waals surface area contributed by atoms with Crippen LogP contribution in [-0.2, 0) is 4.79 Å². The predicted molar refractivity (Wildman–Crippen MR) is 74.6 cm³/mol. The minimum Gasteiger partial charge on any atom is -0.353 e. The predicted octanol–water partition coefficient (Wildman–Crippen LogP) is 3.23. The fraction of sp³-hybridized carbons (Fsp3) is 0.588. The number of hydrogen-bond acceptors (Lipinski definition) is 1. The van der Waals surface area contributed by atoms with Crippen molar-refractivity contribution in [1.29, 1.82) is 0 Å². The monoisotopic (exact) mass is 273 g/mol. The number of hydrogen-bond donors (Lipinski definition) is 1. The molecule has 2 unspecified atom stereocenters. The molecule has 0 spiro atoms. The van der Waals surface area contributed by atoms with E-state index in [0.717, 1.165) is 23.8 Å². The fourth-order valence-corrected chi connectivity index (χ4v) is 3.37. The zero-order valence-electron chi connectivity index (χ0n) is 11.5. The molecule has 1 aromatic carbocycles. The summed E-state index contributed by atoms with van der Waals surface area (Å²) >= 11 is 0. The maximum atomic E-state index is 12.9. The van der Waals surface area contributed by atoms with E-state index in [1.807, 2.05) is 12.1 Å². The molecule has 2 nitrogen and oxygen atoms in total. The third kappa shape index (κ3) is 2.46. The molecular formula is C17H20FNO. The van der Waals surface area contributed by atoms with Gasteiger partial charge in [-0.25, -0.2) is 4.39 Å². The maximum absolute atomic E-state index is 12.9. The Morgan fingerprint density at radius 3 is 2.25 bits per heavy atom. The van der Waals surface area contributed by atoms with Crippen molar-refractivity contribution in [2.75, 3.05) is 0 Å². The lowest BCUT2D eigenvalue weighted by atomic mass is 10.1. The standard InChI is InChI=1S/C17H20FNO/c18-13-7-5-10(6-8-13)14-9-15(14)17(20)19-16(11-1-2-11)12-3-4-12/h5-8,11-12,14-16H,1-4,9H2,(H,19,20). The summed E-state index contributed by atoms with van der Waals surface area (Å²) in [6, 6.07) is 7.04. The van der Waals surface area contributed by atoms with Crippen molar-refractivity contribution in [3.05, 3.63) is 35.6 Å². The normalized spacial score (nSPS) is 28.5. The first-order valence-electron chi connectivity index (χ1n) is 7.78. The molecule has 1 aromatic rings. The SMILES string of the molecule is O=C(NC(C1CC1)C1CC1)C1CC1c1ccc(F)cc1. The van der Waals surface area contributed by atoms with Gasteiger partial charge in [-0.1, -0.05) is 12.1 Å². The number of rotatable bonds is 5. The highest BCUT2D eigenvalue weighted by Gasteiger charge is 2.47. The van der Waals surface area contributed by atoms with Gasteiger partial charge in [-0.15, -0.1) is 0 Å². The Bertz CT molecular complexity index is 506. The zero-order chi connectivity index (χ0) is 13.7. The average Bonchev–Trinajstić information content (AvgIpc) is 3.27. The lowest BCUT2D eigenvalue weighted by Gasteiger charge is -2.17. The van der Waals surface area contributed by atoms with Crippen LogP contribution in [0.2, 0.25) is 0 Å². The Morgan fingerprint density at radius 1 is 1.10 bits per heavy atom. The summed E-state index contributed by atoms with van der Waals surface area (Å²) in [5, 5.41) is 3.30. The van der Waals surface area contributed by atoms with Crippen molar-refractivity contribution < 1.29 is 9.18 Å². The van der Waals surface area contributed by atoms with Crippen LogP contribution in [0.15, 0.2) is 24.3 Å². The maximum Gasteiger partial charge on any atom is 0.223 e. The summed E-state index contributed by atoms with van der Waals surface area (Å²) in [6.07, 6.45) is 6.06. The molecule has 0 aliphatic heterocycles. The Hall–Kier alpha value is -1.38. The van der Waals surface area contributed by atoms with Crippen LogP contribution in [0.4, 0.5) is 4.39 Å². The van der Waals surface area contributed by atoms with E-state index in [1.54, 1.807) is 0 Å². The average molecular weight is 273 g/mol. The van der Waals surface area contributed by atoms with E-state index in [0.29, 0.717) is 12.0 Å². The van der Waals surface area contributed by atoms with Crippen molar-refractivity contribution >= 4 is 5.91 Å². The van der Waals surface area contributed by atoms with Crippen molar-refractivity contribution in [3.8, 4) is 0 Å². The first kappa shape index (κ1) is 12.4. The van der Waals surface area contributed by atoms with Crippen molar-refractivity contribution in [2.45, 2.75) is 44.1 Å². The van der Waals surface area contributed by atoms with E-state index in [2.05, 4.69) is 5.32 Å². The van der Waals surface area contributed by atoms with Crippen LogP contribution in [0.3, 0.4) is 0 Å². The van der Waals surface area contributed by atoms with E-state index in [1.165, 1.54) is 37.8 Å². The quantitative estimate of drug-likeness (QED) is 0.876. The number of amides is 1. The molecule has 3 saturated carbocycles. The van der Waals surface area contributed by atoms with Crippen LogP contribution in [0.1, 0.15) is 43.6 Å². The Kier molecular flexibility index (Phi) is 2.83. The molecule has 0 aromatic heterocycles. The number of halogens is 1. The number of carbonyl (C=O) groups is 1. The summed E-state index contributed by atoms with van der Waals surface area (Å²) in [5.74, 6) is 1.92. The minimum atomic E-state index is -0.210. The van der Waals surface area contributed by atoms with Crippen molar-refractivity contribution in [3.63, 3.8) is 0 Å². The molecule has 4 rings (SSSR count). The molecule has 3 aliphatic carbocycles. The smallest absolute Gasteiger partial charge is 0.223 e. The number of benzene rings is 1. The second kappa shape index (κ2) is 4.57. The Morgan fingerprint density at radius 2 is 1.70 bits per heavy atom. The summed E-state index contributed by atoms with van der Waals surface area (Å²) in [5.41, 5.74) is 1.10. The summed E-state index contributed by atoms with van der Waals surface area (Å²) in [4.78, 5) is 12.3. The van der Waals surface area contributed by atoms with E-state index >= 15 is 0 Å². The molecule has 0 saturated heterocycles. The van der Waals surface area contributed by atoms with Gasteiger partial charge in [-0.05, 0) is 67.6 Å². The van der Waals surface area contributed by atoms with Gasteiger partial charge in [0.25, 0.3) is 0 Å². The first-order valence-corrected chi connectivity index (χ1v) is 7.78. The molecule has 2 atom stereocenters. The van der Waals surface area contributed by atoms with Gasteiger partial charge in [0.05, 0.1) is 0 Å². The van der Waals surface area contributed by atoms with Crippen LogP contribution < -0.4 is 5.32 Å². The molecule has 0 heterocycles. The lowest BCUT2D eigenvalue weighted by molar-refractivity contribution is -0.123. The molecule has 106 valence electrons. The fourth-order valence-electron chi connectivity index (χ4n) is 3.37. The van der Waals surface area contributed by atoms with Crippen LogP contribution >= 0.6 is 0 Å². The summed E-state index contributed by atoms with van der Waals surface area (Å²) in [7, 11) is 0. The van der Waals surface area contributed by atoms with Crippen LogP contribution in [0.5, 0.6) is 0 Å². The second-order valence-electron chi connectivity index (χ2n) is 6.71. The van der Waals surface area contributed by atoms with Gasteiger partial charge in [0, 0.05) is 12.0 Å². The van der Waals surface area contributed by atoms with Gasteiger partial charge >= 0.3 is 0 Å². The highest BCUT2D eigenvalue weighted by Crippen LogP contribution is 2.49. The minimum absolute atomic E-state index is 0.112. The second-order valence-corrected chi connectivity index (χ2v) is 6.71. The zero-order valence-corrected chi connectivity index (χ0v) is 11.5. The van der Waals surface area contributed by atoms with E-state index in [4.69, 9.17) is 0 Å². The molecule has 3 heteroatoms. The number of carbonyl (C=O) groups excluding carboxylic acids is 1. The molecule has 20 heavy (non-hydrogen) atoms. The number of nitrogens with one attached hydrogen (secondary N) is 1. The largest absolute Gasteiger partial charge is 0.353 e. The van der Waals surface area contributed by atoms with Gasteiger partial charge in [0.15, 0.2) is 0 Å². The van der Waals surface area contributed by atoms with Crippen molar-refractivity contribution in [2.24, 2.45) is 17.8 Å². The van der Waals surface area contributed by atoms with Gasteiger partial charge in [0.2, 0.25) is 5.91 Å². The summed E-state index contributed by atoms with van der Waals surface area (Å²) < 4.78 is 12.9. The molecule has 0 radical (unpaired) electrons. The molecule has 1 amide bonds.